The van der Waals surface area contributed by atoms with Gasteiger partial charge in [-0.25, -0.2) is 0 Å². The van der Waals surface area contributed by atoms with Crippen LogP contribution in [0.4, 0.5) is 0 Å². The minimum absolute atomic E-state index is 0.725. The van der Waals surface area contributed by atoms with E-state index in [1.54, 1.807) is 0 Å². The summed E-state index contributed by atoms with van der Waals surface area (Å²) in [5.74, 6) is 0. The number of pyridine rings is 1. The smallest absolute Gasteiger partial charge is 0.184 e. The zero-order chi connectivity index (χ0) is 15.6. The average molecular weight is 303 g/mol. The Bertz CT molecular complexity index is 959. The van der Waals surface area contributed by atoms with Crippen molar-refractivity contribution in [2.24, 2.45) is 0 Å². The van der Waals surface area contributed by atoms with Crippen LogP contribution in [0, 0.1) is 6.92 Å². The molecule has 0 radical (unpaired) electrons. The Balaban J connectivity index is 1.66. The van der Waals surface area contributed by atoms with Crippen molar-refractivity contribution in [1.82, 2.24) is 25.4 Å². The minimum atomic E-state index is 0.725. The highest BCUT2D eigenvalue weighted by atomic mass is 15.5. The van der Waals surface area contributed by atoms with Gasteiger partial charge >= 0.3 is 0 Å². The summed E-state index contributed by atoms with van der Waals surface area (Å²) >= 11 is 0. The Morgan fingerprint density at radius 1 is 1.00 bits per heavy atom. The molecule has 0 saturated carbocycles. The van der Waals surface area contributed by atoms with E-state index in [0.717, 1.165) is 35.2 Å². The lowest BCUT2D eigenvalue weighted by Crippen LogP contribution is -2.13. The molecule has 2 aromatic carbocycles. The second kappa shape index (κ2) is 5.78. The van der Waals surface area contributed by atoms with Gasteiger partial charge in [0.05, 0.1) is 5.52 Å². The molecule has 0 saturated heterocycles. The zero-order valence-corrected chi connectivity index (χ0v) is 12.9. The normalized spacial score (nSPS) is 11.3. The van der Waals surface area contributed by atoms with Crippen LogP contribution >= 0.6 is 0 Å². The van der Waals surface area contributed by atoms with Crippen LogP contribution in [0.1, 0.15) is 16.7 Å². The van der Waals surface area contributed by atoms with Gasteiger partial charge in [0.15, 0.2) is 5.65 Å². The second-order valence-electron chi connectivity index (χ2n) is 5.74. The Kier molecular flexibility index (Phi) is 3.48. The predicted octanol–water partition coefficient (Wildman–Crippen LogP) is 2.88. The van der Waals surface area contributed by atoms with E-state index >= 15 is 0 Å². The maximum atomic E-state index is 4.18. The highest BCUT2D eigenvalue weighted by molar-refractivity contribution is 5.83. The van der Waals surface area contributed by atoms with E-state index in [1.165, 1.54) is 11.1 Å². The highest BCUT2D eigenvalue weighted by Crippen LogP contribution is 2.20. The van der Waals surface area contributed by atoms with Crippen molar-refractivity contribution in [3.8, 4) is 0 Å². The van der Waals surface area contributed by atoms with Gasteiger partial charge < -0.3 is 5.32 Å². The van der Waals surface area contributed by atoms with Crippen LogP contribution in [0.2, 0.25) is 0 Å². The summed E-state index contributed by atoms with van der Waals surface area (Å²) in [4.78, 5) is 0. The molecule has 114 valence electrons. The van der Waals surface area contributed by atoms with Crippen molar-refractivity contribution in [3.05, 3.63) is 71.3 Å². The molecule has 2 heterocycles. The largest absolute Gasteiger partial charge is 0.308 e. The standard InChI is InChI=1S/C18H17N5/c1-13-7-8-17-15(9-13)10-16(18-20-21-22-23(17)18)12-19-11-14-5-3-2-4-6-14/h2-10,19H,11-12H2,1H3. The molecule has 0 aliphatic heterocycles. The number of hydrogen-bond acceptors (Lipinski definition) is 4. The molecule has 0 spiro atoms. The van der Waals surface area contributed by atoms with Crippen molar-refractivity contribution >= 4 is 16.6 Å². The molecule has 5 nitrogen and oxygen atoms in total. The van der Waals surface area contributed by atoms with E-state index in [9.17, 15) is 0 Å². The van der Waals surface area contributed by atoms with Crippen LogP contribution < -0.4 is 5.32 Å². The van der Waals surface area contributed by atoms with E-state index in [-0.39, 0.29) is 0 Å². The number of nitrogens with one attached hydrogen (secondary N) is 1. The molecule has 0 atom stereocenters. The van der Waals surface area contributed by atoms with Gasteiger partial charge in [-0.2, -0.15) is 4.52 Å². The molecule has 0 aliphatic carbocycles. The van der Waals surface area contributed by atoms with Gasteiger partial charge in [0, 0.05) is 24.0 Å². The second-order valence-corrected chi connectivity index (χ2v) is 5.74. The first-order valence-corrected chi connectivity index (χ1v) is 7.66. The third-order valence-electron chi connectivity index (χ3n) is 3.99. The maximum Gasteiger partial charge on any atom is 0.184 e. The summed E-state index contributed by atoms with van der Waals surface area (Å²) in [6, 6.07) is 18.8. The molecule has 0 unspecified atom stereocenters. The number of hydrogen-bond donors (Lipinski definition) is 1. The number of aromatic nitrogens is 4. The molecule has 0 amide bonds. The summed E-state index contributed by atoms with van der Waals surface area (Å²) in [7, 11) is 0. The summed E-state index contributed by atoms with van der Waals surface area (Å²) in [5, 5.41) is 16.8. The van der Waals surface area contributed by atoms with E-state index in [1.807, 2.05) is 10.6 Å². The minimum Gasteiger partial charge on any atom is -0.308 e. The number of tetrazole rings is 1. The number of rotatable bonds is 4. The van der Waals surface area contributed by atoms with Crippen molar-refractivity contribution in [2.75, 3.05) is 0 Å². The van der Waals surface area contributed by atoms with E-state index in [0.29, 0.717) is 0 Å². The summed E-state index contributed by atoms with van der Waals surface area (Å²) in [6.45, 7) is 3.64. The SMILES string of the molecule is Cc1ccc2c(c1)cc(CNCc1ccccc1)c1nnnn12. The van der Waals surface area contributed by atoms with Gasteiger partial charge in [0.25, 0.3) is 0 Å². The lowest BCUT2D eigenvalue weighted by Gasteiger charge is -2.08. The predicted molar refractivity (Wildman–Crippen MR) is 90.0 cm³/mol. The molecular weight excluding hydrogens is 286 g/mol. The van der Waals surface area contributed by atoms with Crippen LogP contribution in [0.25, 0.3) is 16.6 Å². The average Bonchev–Trinajstić information content (AvgIpc) is 3.05. The molecule has 4 rings (SSSR count). The van der Waals surface area contributed by atoms with Crippen molar-refractivity contribution < 1.29 is 0 Å². The van der Waals surface area contributed by atoms with E-state index in [4.69, 9.17) is 0 Å². The topological polar surface area (TPSA) is 55.1 Å². The first kappa shape index (κ1) is 13.8. The number of aryl methyl sites for hydroxylation is 1. The fourth-order valence-corrected chi connectivity index (χ4v) is 2.85. The van der Waals surface area contributed by atoms with E-state index < -0.39 is 0 Å². The monoisotopic (exact) mass is 303 g/mol. The lowest BCUT2D eigenvalue weighted by molar-refractivity contribution is 0.694. The molecular formula is C18H17N5. The molecule has 23 heavy (non-hydrogen) atoms. The number of nitrogens with zero attached hydrogens (tertiary/aromatic N) is 4. The Morgan fingerprint density at radius 2 is 1.87 bits per heavy atom. The van der Waals surface area contributed by atoms with Crippen molar-refractivity contribution in [3.63, 3.8) is 0 Å². The summed E-state index contributed by atoms with van der Waals surface area (Å²) < 4.78 is 1.81. The van der Waals surface area contributed by atoms with Gasteiger partial charge in [-0.15, -0.1) is 5.10 Å². The van der Waals surface area contributed by atoms with Crippen molar-refractivity contribution in [1.29, 1.82) is 0 Å². The maximum absolute atomic E-state index is 4.18. The molecule has 0 aliphatic rings. The molecule has 2 aromatic heterocycles. The van der Waals surface area contributed by atoms with Gasteiger partial charge in [-0.05, 0) is 41.1 Å². The first-order valence-electron chi connectivity index (χ1n) is 7.66. The Labute approximate surface area is 133 Å². The van der Waals surface area contributed by atoms with Crippen molar-refractivity contribution in [2.45, 2.75) is 20.0 Å². The highest BCUT2D eigenvalue weighted by Gasteiger charge is 2.09. The molecule has 1 N–H and O–H groups in total. The Morgan fingerprint density at radius 3 is 2.74 bits per heavy atom. The Hall–Kier alpha value is -2.79. The third-order valence-corrected chi connectivity index (χ3v) is 3.99. The van der Waals surface area contributed by atoms with E-state index in [2.05, 4.69) is 76.3 Å². The van der Waals surface area contributed by atoms with Gasteiger partial charge in [-0.1, -0.05) is 42.0 Å². The lowest BCUT2D eigenvalue weighted by atomic mass is 10.1. The quantitative estimate of drug-likeness (QED) is 0.630. The zero-order valence-electron chi connectivity index (χ0n) is 12.9. The fourth-order valence-electron chi connectivity index (χ4n) is 2.85. The van der Waals surface area contributed by atoms with Gasteiger partial charge in [0.1, 0.15) is 0 Å². The van der Waals surface area contributed by atoms with Gasteiger partial charge in [-0.3, -0.25) is 0 Å². The van der Waals surface area contributed by atoms with Gasteiger partial charge in [0.2, 0.25) is 0 Å². The number of benzene rings is 2. The van der Waals surface area contributed by atoms with Crippen LogP contribution in [0.15, 0.2) is 54.6 Å². The van der Waals surface area contributed by atoms with Crippen LogP contribution in [0.3, 0.4) is 0 Å². The van der Waals surface area contributed by atoms with Crippen LogP contribution in [-0.2, 0) is 13.1 Å². The molecule has 0 fully saturated rings. The molecule has 5 heteroatoms. The summed E-state index contributed by atoms with van der Waals surface area (Å²) in [5.41, 5.74) is 5.43. The number of fused-ring (bicyclic) bond motifs is 3. The van der Waals surface area contributed by atoms with Crippen LogP contribution in [0.5, 0.6) is 0 Å². The fraction of sp³-hybridized carbons (Fsp3) is 0.167. The van der Waals surface area contributed by atoms with Crippen LogP contribution in [-0.4, -0.2) is 20.0 Å². The molecule has 0 bridgehead atoms. The molecule has 4 aromatic rings. The third kappa shape index (κ3) is 2.66. The summed E-state index contributed by atoms with van der Waals surface area (Å²) in [6.07, 6.45) is 0. The first-order chi connectivity index (χ1) is 11.3.